The number of aromatic hydroxyl groups is 2. The van der Waals surface area contributed by atoms with E-state index < -0.39 is 35.6 Å². The maximum absolute atomic E-state index is 11.8. The van der Waals surface area contributed by atoms with Gasteiger partial charge in [-0.25, -0.2) is 0 Å². The van der Waals surface area contributed by atoms with Crippen molar-refractivity contribution in [1.29, 1.82) is 0 Å². The molecule has 148 valence electrons. The highest BCUT2D eigenvalue weighted by atomic mass is 16.5. The van der Waals surface area contributed by atoms with Crippen molar-refractivity contribution in [3.63, 3.8) is 0 Å². The van der Waals surface area contributed by atoms with Crippen molar-refractivity contribution in [1.82, 2.24) is 0 Å². The Hall–Kier alpha value is -3.42. The molecule has 4 N–H and O–H groups in total. The highest BCUT2D eigenvalue weighted by molar-refractivity contribution is 5.85. The van der Waals surface area contributed by atoms with Gasteiger partial charge in [-0.15, -0.1) is 0 Å². The molecule has 3 rings (SSSR count). The smallest absolute Gasteiger partial charge is 0.308 e. The van der Waals surface area contributed by atoms with Gasteiger partial charge in [0.25, 0.3) is 0 Å². The highest BCUT2D eigenvalue weighted by Crippen LogP contribution is 2.59. The standard InChI is InChI=1S/C20H20O8/c1-27-13-7-9(3-5-11(13)21)15-16(18(20(25)26)17(15)19(23)24)10-4-6-12(22)14(8-10)28-2/h3-8,15-18,21-22H,1-2H3,(H,23,24)(H,25,26). The van der Waals surface area contributed by atoms with Crippen LogP contribution in [0.15, 0.2) is 36.4 Å². The molecule has 2 aromatic carbocycles. The van der Waals surface area contributed by atoms with E-state index in [1.807, 2.05) is 0 Å². The van der Waals surface area contributed by atoms with Crippen LogP contribution in [0.25, 0.3) is 0 Å². The second-order valence-corrected chi connectivity index (χ2v) is 6.64. The second kappa shape index (κ2) is 7.30. The molecule has 2 aromatic rings. The minimum atomic E-state index is -1.22. The minimum absolute atomic E-state index is 0.102. The van der Waals surface area contributed by atoms with E-state index in [9.17, 15) is 30.0 Å². The highest BCUT2D eigenvalue weighted by Gasteiger charge is 2.59. The van der Waals surface area contributed by atoms with E-state index in [0.717, 1.165) is 0 Å². The number of carboxylic acid groups (broad SMARTS) is 2. The van der Waals surface area contributed by atoms with Gasteiger partial charge in [-0.2, -0.15) is 0 Å². The average Bonchev–Trinajstić information content (AvgIpc) is 2.63. The molecule has 0 saturated heterocycles. The summed E-state index contributed by atoms with van der Waals surface area (Å²) in [6.07, 6.45) is 0. The summed E-state index contributed by atoms with van der Waals surface area (Å²) in [4.78, 5) is 23.7. The first-order chi connectivity index (χ1) is 13.3. The molecule has 0 amide bonds. The maximum Gasteiger partial charge on any atom is 0.308 e. The number of hydrogen-bond acceptors (Lipinski definition) is 6. The molecule has 8 heteroatoms. The molecule has 0 radical (unpaired) electrons. The summed E-state index contributed by atoms with van der Waals surface area (Å²) in [5.74, 6) is -5.94. The predicted octanol–water partition coefficient (Wildman–Crippen LogP) is 2.40. The van der Waals surface area contributed by atoms with Crippen LogP contribution < -0.4 is 9.47 Å². The molecule has 0 bridgehead atoms. The van der Waals surface area contributed by atoms with E-state index in [0.29, 0.717) is 11.1 Å². The van der Waals surface area contributed by atoms with Crippen LogP contribution in [0.2, 0.25) is 0 Å². The Bertz CT molecular complexity index is 847. The molecule has 4 atom stereocenters. The van der Waals surface area contributed by atoms with Crippen LogP contribution in [-0.4, -0.2) is 46.6 Å². The normalized spacial score (nSPS) is 23.5. The zero-order valence-corrected chi connectivity index (χ0v) is 15.2. The molecule has 8 nitrogen and oxygen atoms in total. The first-order valence-electron chi connectivity index (χ1n) is 8.49. The average molecular weight is 388 g/mol. The Morgan fingerprint density at radius 3 is 1.39 bits per heavy atom. The van der Waals surface area contributed by atoms with E-state index in [1.54, 1.807) is 12.1 Å². The minimum Gasteiger partial charge on any atom is -0.504 e. The third-order valence-electron chi connectivity index (χ3n) is 5.30. The molecule has 1 saturated carbocycles. The molecule has 0 spiro atoms. The summed E-state index contributed by atoms with van der Waals surface area (Å²) in [6.45, 7) is 0. The summed E-state index contributed by atoms with van der Waals surface area (Å²) in [6, 6.07) is 8.91. The largest absolute Gasteiger partial charge is 0.504 e. The van der Waals surface area contributed by atoms with E-state index in [-0.39, 0.29) is 23.0 Å². The third-order valence-corrected chi connectivity index (χ3v) is 5.30. The fourth-order valence-electron chi connectivity index (χ4n) is 3.99. The van der Waals surface area contributed by atoms with Gasteiger partial charge in [-0.1, -0.05) is 12.1 Å². The molecular formula is C20H20O8. The van der Waals surface area contributed by atoms with Crippen molar-refractivity contribution in [3.8, 4) is 23.0 Å². The van der Waals surface area contributed by atoms with Crippen molar-refractivity contribution < 1.29 is 39.5 Å². The molecule has 1 aliphatic carbocycles. The van der Waals surface area contributed by atoms with Gasteiger partial charge in [-0.3, -0.25) is 9.59 Å². The topological polar surface area (TPSA) is 134 Å². The van der Waals surface area contributed by atoms with Gasteiger partial charge in [0.15, 0.2) is 23.0 Å². The first kappa shape index (κ1) is 19.3. The lowest BCUT2D eigenvalue weighted by Gasteiger charge is -2.48. The summed E-state index contributed by atoms with van der Waals surface area (Å²) in [5.41, 5.74) is 1.08. The van der Waals surface area contributed by atoms with Gasteiger partial charge in [0.1, 0.15) is 0 Å². The van der Waals surface area contributed by atoms with Gasteiger partial charge in [0, 0.05) is 11.8 Å². The third kappa shape index (κ3) is 3.06. The zero-order valence-electron chi connectivity index (χ0n) is 15.2. The number of rotatable bonds is 6. The number of phenols is 2. The lowest BCUT2D eigenvalue weighted by molar-refractivity contribution is -0.164. The maximum atomic E-state index is 11.8. The SMILES string of the molecule is COc1cc(C2C(C(=O)O)C(C(=O)O)C2c2ccc(O)c(OC)c2)ccc1O. The lowest BCUT2D eigenvalue weighted by atomic mass is 9.52. The van der Waals surface area contributed by atoms with Crippen LogP contribution in [0, 0.1) is 11.8 Å². The van der Waals surface area contributed by atoms with E-state index in [2.05, 4.69) is 0 Å². The predicted molar refractivity (Wildman–Crippen MR) is 97.1 cm³/mol. The molecule has 0 aliphatic heterocycles. The van der Waals surface area contributed by atoms with Gasteiger partial charge >= 0.3 is 11.9 Å². The number of methoxy groups -OCH3 is 2. The first-order valence-corrected chi connectivity index (χ1v) is 8.49. The Morgan fingerprint density at radius 1 is 0.750 bits per heavy atom. The van der Waals surface area contributed by atoms with Crippen molar-refractivity contribution in [2.24, 2.45) is 11.8 Å². The van der Waals surface area contributed by atoms with Crippen molar-refractivity contribution in [3.05, 3.63) is 47.5 Å². The fourth-order valence-corrected chi connectivity index (χ4v) is 3.99. The summed E-state index contributed by atoms with van der Waals surface area (Å²) >= 11 is 0. The van der Waals surface area contributed by atoms with Gasteiger partial charge < -0.3 is 29.9 Å². The van der Waals surface area contributed by atoms with Crippen LogP contribution in [0.1, 0.15) is 23.0 Å². The molecule has 4 unspecified atom stereocenters. The summed E-state index contributed by atoms with van der Waals surface area (Å²) < 4.78 is 10.2. The number of carboxylic acids is 2. The molecular weight excluding hydrogens is 368 g/mol. The van der Waals surface area contributed by atoms with Crippen LogP contribution >= 0.6 is 0 Å². The van der Waals surface area contributed by atoms with Crippen molar-refractivity contribution >= 4 is 11.9 Å². The lowest BCUT2D eigenvalue weighted by Crippen LogP contribution is -2.51. The van der Waals surface area contributed by atoms with Gasteiger partial charge in [0.2, 0.25) is 0 Å². The van der Waals surface area contributed by atoms with Crippen LogP contribution in [0.5, 0.6) is 23.0 Å². The van der Waals surface area contributed by atoms with Gasteiger partial charge in [-0.05, 0) is 35.4 Å². The molecule has 28 heavy (non-hydrogen) atoms. The Morgan fingerprint density at radius 2 is 1.11 bits per heavy atom. The Balaban J connectivity index is 2.13. The molecule has 1 aliphatic rings. The van der Waals surface area contributed by atoms with Crippen molar-refractivity contribution in [2.75, 3.05) is 14.2 Å². The summed E-state index contributed by atoms with van der Waals surface area (Å²) in [5, 5.41) is 39.0. The molecule has 1 fully saturated rings. The van der Waals surface area contributed by atoms with E-state index in [4.69, 9.17) is 9.47 Å². The van der Waals surface area contributed by atoms with E-state index in [1.165, 1.54) is 38.5 Å². The number of ether oxygens (including phenoxy) is 2. The quantitative estimate of drug-likeness (QED) is 0.593. The summed E-state index contributed by atoms with van der Waals surface area (Å²) in [7, 11) is 2.74. The van der Waals surface area contributed by atoms with E-state index >= 15 is 0 Å². The number of hydrogen-bond donors (Lipinski definition) is 4. The number of phenolic OH excluding ortho intramolecular Hbond substituents is 2. The monoisotopic (exact) mass is 388 g/mol. The Kier molecular flexibility index (Phi) is 5.04. The van der Waals surface area contributed by atoms with Crippen LogP contribution in [0.4, 0.5) is 0 Å². The van der Waals surface area contributed by atoms with Crippen molar-refractivity contribution in [2.45, 2.75) is 11.8 Å². The number of benzene rings is 2. The number of aliphatic carboxylic acids is 2. The molecule has 0 aromatic heterocycles. The van der Waals surface area contributed by atoms with Crippen LogP contribution in [0.3, 0.4) is 0 Å². The number of carbonyl (C=O) groups is 2. The second-order valence-electron chi connectivity index (χ2n) is 6.64. The van der Waals surface area contributed by atoms with Gasteiger partial charge in [0.05, 0.1) is 26.1 Å². The zero-order chi connectivity index (χ0) is 20.6. The fraction of sp³-hybridized carbons (Fsp3) is 0.300. The van der Waals surface area contributed by atoms with Crippen LogP contribution in [-0.2, 0) is 9.59 Å². The Labute approximate surface area is 160 Å². The molecule has 0 heterocycles.